The summed E-state index contributed by atoms with van der Waals surface area (Å²) in [6.45, 7) is 13.7. The maximum absolute atomic E-state index is 12.2. The number of hydrogen-bond donors (Lipinski definition) is 3. The normalized spacial score (nSPS) is 21.5. The number of esters is 1. The molecule has 240 valence electrons. The number of carbonyl (C=O) groups excluding carboxylic acids is 1. The van der Waals surface area contributed by atoms with Crippen molar-refractivity contribution in [1.29, 1.82) is 5.26 Å². The molecule has 2 aliphatic rings. The van der Waals surface area contributed by atoms with Crippen molar-refractivity contribution in [1.82, 2.24) is 15.3 Å². The van der Waals surface area contributed by atoms with Gasteiger partial charge in [-0.3, -0.25) is 0 Å². The molecule has 0 aromatic carbocycles. The van der Waals surface area contributed by atoms with Gasteiger partial charge in [-0.25, -0.2) is 14.8 Å². The van der Waals surface area contributed by atoms with E-state index in [1.165, 1.54) is 0 Å². The van der Waals surface area contributed by atoms with Crippen LogP contribution in [0.25, 0.3) is 11.3 Å². The third-order valence-corrected chi connectivity index (χ3v) is 8.36. The van der Waals surface area contributed by atoms with Crippen LogP contribution in [0.5, 0.6) is 0 Å². The highest BCUT2D eigenvalue weighted by Crippen LogP contribution is 2.31. The monoisotopic (exact) mass is 606 g/mol. The van der Waals surface area contributed by atoms with Crippen LogP contribution in [0, 0.1) is 23.7 Å². The molecule has 1 saturated heterocycles. The Bertz CT molecular complexity index is 1280. The van der Waals surface area contributed by atoms with Gasteiger partial charge in [0.05, 0.1) is 23.8 Å². The summed E-state index contributed by atoms with van der Waals surface area (Å²) in [6.07, 6.45) is 6.94. The summed E-state index contributed by atoms with van der Waals surface area (Å²) in [5.41, 5.74) is 2.04. The summed E-state index contributed by atoms with van der Waals surface area (Å²) in [5.74, 6) is 1.29. The van der Waals surface area contributed by atoms with Crippen LogP contribution in [0.15, 0.2) is 30.5 Å². The first-order valence-corrected chi connectivity index (χ1v) is 16.0. The van der Waals surface area contributed by atoms with Crippen molar-refractivity contribution in [3.05, 3.63) is 36.0 Å². The van der Waals surface area contributed by atoms with Gasteiger partial charge in [0.2, 0.25) is 0 Å². The van der Waals surface area contributed by atoms with Crippen LogP contribution >= 0.6 is 0 Å². The molecule has 0 radical (unpaired) electrons. The van der Waals surface area contributed by atoms with Gasteiger partial charge in [-0.2, -0.15) is 5.26 Å². The smallest absolute Gasteiger partial charge is 0.335 e. The van der Waals surface area contributed by atoms with Gasteiger partial charge in [0.25, 0.3) is 0 Å². The number of anilines is 2. The zero-order chi connectivity index (χ0) is 31.7. The van der Waals surface area contributed by atoms with Crippen LogP contribution in [0.4, 0.5) is 11.6 Å². The van der Waals surface area contributed by atoms with Gasteiger partial charge in [0, 0.05) is 49.6 Å². The van der Waals surface area contributed by atoms with Crippen LogP contribution in [0.1, 0.15) is 78.7 Å². The Hall–Kier alpha value is -3.26. The van der Waals surface area contributed by atoms with Gasteiger partial charge >= 0.3 is 5.97 Å². The zero-order valence-corrected chi connectivity index (χ0v) is 27.2. The second kappa shape index (κ2) is 15.2. The van der Waals surface area contributed by atoms with Gasteiger partial charge < -0.3 is 30.2 Å². The first kappa shape index (κ1) is 33.6. The molecule has 1 aliphatic heterocycles. The lowest BCUT2D eigenvalue weighted by atomic mass is 9.82. The number of aromatic nitrogens is 2. The summed E-state index contributed by atoms with van der Waals surface area (Å²) in [7, 11) is 0. The molecule has 4 rings (SSSR count). The molecule has 1 aliphatic carbocycles. The lowest BCUT2D eigenvalue weighted by molar-refractivity contribution is -0.167. The number of pyridine rings is 2. The molecular formula is C34H50N6O4. The summed E-state index contributed by atoms with van der Waals surface area (Å²) in [4.78, 5) is 21.7. The maximum atomic E-state index is 12.2. The van der Waals surface area contributed by atoms with Gasteiger partial charge in [0.1, 0.15) is 17.2 Å². The Morgan fingerprint density at radius 2 is 1.84 bits per heavy atom. The molecule has 0 spiro atoms. The number of rotatable bonds is 12. The number of hydrogen-bond acceptors (Lipinski definition) is 10. The largest absolute Gasteiger partial charge is 0.458 e. The summed E-state index contributed by atoms with van der Waals surface area (Å²) < 4.78 is 16.7. The Morgan fingerprint density at radius 1 is 1.14 bits per heavy atom. The molecule has 0 amide bonds. The van der Waals surface area contributed by atoms with Gasteiger partial charge in [0.15, 0.2) is 6.10 Å². The second-order valence-electron chi connectivity index (χ2n) is 13.4. The van der Waals surface area contributed by atoms with Crippen molar-refractivity contribution in [3.8, 4) is 17.3 Å². The Labute approximate surface area is 262 Å². The first-order chi connectivity index (χ1) is 20.9. The van der Waals surface area contributed by atoms with E-state index in [9.17, 15) is 10.1 Å². The molecule has 2 aromatic heterocycles. The highest BCUT2D eigenvalue weighted by atomic mass is 16.6. The van der Waals surface area contributed by atoms with E-state index in [1.807, 2.05) is 45.2 Å². The number of aryl methyl sites for hydroxylation is 1. The van der Waals surface area contributed by atoms with E-state index >= 15 is 0 Å². The summed E-state index contributed by atoms with van der Waals surface area (Å²) in [6, 6.07) is 11.4. The molecule has 0 unspecified atom stereocenters. The van der Waals surface area contributed by atoms with Gasteiger partial charge in [-0.05, 0) is 104 Å². The number of ether oxygens (including phenoxy) is 3. The molecule has 2 aromatic rings. The van der Waals surface area contributed by atoms with Crippen molar-refractivity contribution in [2.75, 3.05) is 37.0 Å². The quantitative estimate of drug-likeness (QED) is 0.261. The zero-order valence-electron chi connectivity index (χ0n) is 27.2. The van der Waals surface area contributed by atoms with E-state index in [0.717, 1.165) is 67.0 Å². The fraction of sp³-hybridized carbons (Fsp3) is 0.647. The minimum atomic E-state index is -0.591. The predicted molar refractivity (Wildman–Crippen MR) is 172 cm³/mol. The molecule has 3 N–H and O–H groups in total. The van der Waals surface area contributed by atoms with Crippen LogP contribution in [0.2, 0.25) is 0 Å². The third kappa shape index (κ3) is 9.88. The SMILES string of the molecule is Cc1cnc(N[C@H]2CC[C@H](N[C@@H](C)CO[C@H](C)C(=O)OC(C)(C)C)CC2)cc1-c1cccc(NCC2(C#N)CCOCC2)n1. The standard InChI is InChI=1S/C34H50N6O4/c1-23-19-36-31(18-28(23)29-8-7-9-30(40-29)37-22-34(21-35)14-16-42-17-15-34)39-27-12-10-26(11-13-27)38-24(2)20-43-25(3)32(41)44-33(4,5)6/h7-9,18-19,24-27,38H,10-17,20,22H2,1-6H3,(H,36,39)(H,37,40)/t24-,25+,26-,27-/m0/s1. The summed E-state index contributed by atoms with van der Waals surface area (Å²) in [5, 5.41) is 20.5. The fourth-order valence-electron chi connectivity index (χ4n) is 5.72. The summed E-state index contributed by atoms with van der Waals surface area (Å²) >= 11 is 0. The Kier molecular flexibility index (Phi) is 11.6. The van der Waals surface area contributed by atoms with E-state index in [2.05, 4.69) is 46.9 Å². The number of nitrogens with one attached hydrogen (secondary N) is 3. The maximum Gasteiger partial charge on any atom is 0.335 e. The molecule has 2 fully saturated rings. The molecule has 0 bridgehead atoms. The van der Waals surface area contributed by atoms with E-state index in [4.69, 9.17) is 19.2 Å². The van der Waals surface area contributed by atoms with E-state index in [-0.39, 0.29) is 12.0 Å². The number of nitrogens with zero attached hydrogens (tertiary/aromatic N) is 3. The Morgan fingerprint density at radius 3 is 2.52 bits per heavy atom. The minimum absolute atomic E-state index is 0.135. The highest BCUT2D eigenvalue weighted by Gasteiger charge is 2.32. The van der Waals surface area contributed by atoms with Crippen LogP contribution in [-0.2, 0) is 19.0 Å². The predicted octanol–water partition coefficient (Wildman–Crippen LogP) is 5.63. The van der Waals surface area contributed by atoms with E-state index < -0.39 is 17.1 Å². The number of carbonyl (C=O) groups is 1. The average molecular weight is 607 g/mol. The lowest BCUT2D eigenvalue weighted by Crippen LogP contribution is -2.44. The molecule has 10 nitrogen and oxygen atoms in total. The van der Waals surface area contributed by atoms with Crippen LogP contribution in [-0.4, -0.2) is 72.1 Å². The van der Waals surface area contributed by atoms with E-state index in [1.54, 1.807) is 6.92 Å². The molecule has 3 heterocycles. The van der Waals surface area contributed by atoms with Crippen molar-refractivity contribution >= 4 is 17.6 Å². The number of nitriles is 1. The van der Waals surface area contributed by atoms with Gasteiger partial charge in [-0.15, -0.1) is 0 Å². The lowest BCUT2D eigenvalue weighted by Gasteiger charge is -2.32. The molecular weight excluding hydrogens is 556 g/mol. The van der Waals surface area contributed by atoms with Crippen molar-refractivity contribution in [2.24, 2.45) is 5.41 Å². The first-order valence-electron chi connectivity index (χ1n) is 16.0. The molecule has 1 saturated carbocycles. The molecule has 10 heteroatoms. The van der Waals surface area contributed by atoms with Crippen LogP contribution in [0.3, 0.4) is 0 Å². The van der Waals surface area contributed by atoms with Gasteiger partial charge in [-0.1, -0.05) is 6.07 Å². The fourth-order valence-corrected chi connectivity index (χ4v) is 5.72. The van der Waals surface area contributed by atoms with Crippen molar-refractivity contribution < 1.29 is 19.0 Å². The molecule has 44 heavy (non-hydrogen) atoms. The second-order valence-corrected chi connectivity index (χ2v) is 13.4. The van der Waals surface area contributed by atoms with Crippen molar-refractivity contribution in [3.63, 3.8) is 0 Å². The van der Waals surface area contributed by atoms with E-state index in [0.29, 0.717) is 38.4 Å². The minimum Gasteiger partial charge on any atom is -0.458 e. The third-order valence-electron chi connectivity index (χ3n) is 8.36. The van der Waals surface area contributed by atoms with Crippen LogP contribution < -0.4 is 16.0 Å². The topological polar surface area (TPSA) is 130 Å². The van der Waals surface area contributed by atoms with Crippen molar-refractivity contribution in [2.45, 2.75) is 110 Å². The Balaban J connectivity index is 1.26. The average Bonchev–Trinajstić information content (AvgIpc) is 3.00. The highest BCUT2D eigenvalue weighted by molar-refractivity contribution is 5.74. The molecule has 2 atom stereocenters.